The minimum atomic E-state index is -1.30. The molecule has 0 unspecified atom stereocenters. The van der Waals surface area contributed by atoms with Gasteiger partial charge in [0.1, 0.15) is 0 Å². The van der Waals surface area contributed by atoms with Crippen molar-refractivity contribution >= 4 is 5.97 Å². The number of carbonyl (C=O) groups is 1. The van der Waals surface area contributed by atoms with Gasteiger partial charge in [0.15, 0.2) is 0 Å². The van der Waals surface area contributed by atoms with E-state index in [9.17, 15) is 9.90 Å². The Morgan fingerprint density at radius 2 is 2.29 bits per heavy atom. The van der Waals surface area contributed by atoms with Crippen molar-refractivity contribution in [2.75, 3.05) is 0 Å². The van der Waals surface area contributed by atoms with Crippen LogP contribution in [0.25, 0.3) is 0 Å². The van der Waals surface area contributed by atoms with Gasteiger partial charge in [0.25, 0.3) is 0 Å². The van der Waals surface area contributed by atoms with Crippen molar-refractivity contribution in [3.63, 3.8) is 0 Å². The highest BCUT2D eigenvalue weighted by Gasteiger charge is 1.83. The molecule has 1 radical (unpaired) electrons. The highest BCUT2D eigenvalue weighted by atomic mass is 16.4. The lowest BCUT2D eigenvalue weighted by atomic mass is 10.5. The van der Waals surface area contributed by atoms with Gasteiger partial charge in [-0.2, -0.15) is 0 Å². The van der Waals surface area contributed by atoms with Crippen molar-refractivity contribution in [1.82, 2.24) is 0 Å². The van der Waals surface area contributed by atoms with Crippen LogP contribution in [0.15, 0.2) is 0 Å². The molecule has 0 aliphatic rings. The van der Waals surface area contributed by atoms with Gasteiger partial charge >= 0.3 is 5.97 Å². The van der Waals surface area contributed by atoms with Crippen molar-refractivity contribution in [2.45, 2.75) is 13.3 Å². The summed E-state index contributed by atoms with van der Waals surface area (Å²) in [6, 6.07) is 0. The lowest BCUT2D eigenvalue weighted by Crippen LogP contribution is -1.82. The highest BCUT2D eigenvalue weighted by Crippen LogP contribution is 1.65. The Balaban J connectivity index is 3.45. The fourth-order valence-corrected chi connectivity index (χ4v) is 0.161. The van der Waals surface area contributed by atoms with E-state index in [1.807, 2.05) is 5.92 Å². The first kappa shape index (κ1) is 6.03. The van der Waals surface area contributed by atoms with Gasteiger partial charge in [-0.25, -0.2) is 9.90 Å². The third-order valence-electron chi connectivity index (χ3n) is 0.367. The van der Waals surface area contributed by atoms with Crippen LogP contribution in [0.4, 0.5) is 0 Å². The molecule has 0 saturated carbocycles. The fraction of sp³-hybridized carbons (Fsp3) is 0.400. The first-order chi connectivity index (χ1) is 3.27. The number of carbonyl (C=O) groups excluding carboxylic acids is 1. The largest absolute Gasteiger partial charge is 0.429 e. The van der Waals surface area contributed by atoms with E-state index in [0.29, 0.717) is 6.42 Å². The average Bonchev–Trinajstić information content (AvgIpc) is 1.61. The number of rotatable bonds is 0. The van der Waals surface area contributed by atoms with E-state index >= 15 is 0 Å². The predicted octanol–water partition coefficient (Wildman–Crippen LogP) is 0.357. The van der Waals surface area contributed by atoms with Crippen molar-refractivity contribution in [1.29, 1.82) is 0 Å². The Morgan fingerprint density at radius 3 is 2.43 bits per heavy atom. The molecule has 0 aliphatic carbocycles. The molecule has 0 aromatic rings. The fourth-order valence-electron chi connectivity index (χ4n) is 0.161. The Hall–Kier alpha value is -0.970. The molecule has 37 valence electrons. The van der Waals surface area contributed by atoms with Crippen molar-refractivity contribution in [2.24, 2.45) is 0 Å². The van der Waals surface area contributed by atoms with Crippen molar-refractivity contribution in [3.05, 3.63) is 0 Å². The molecule has 0 atom stereocenters. The van der Waals surface area contributed by atoms with E-state index in [2.05, 4.69) is 5.92 Å². The molecule has 0 saturated heterocycles. The monoisotopic (exact) mass is 97.0 g/mol. The Labute approximate surface area is 42.2 Å². The summed E-state index contributed by atoms with van der Waals surface area (Å²) < 4.78 is 0. The number of hydrogen-bond donors (Lipinski definition) is 0. The summed E-state index contributed by atoms with van der Waals surface area (Å²) in [6.45, 7) is 1.77. The normalized spacial score (nSPS) is 6.43. The van der Waals surface area contributed by atoms with Gasteiger partial charge in [-0.15, -0.1) is 0 Å². The zero-order valence-electron chi connectivity index (χ0n) is 4.02. The third-order valence-corrected chi connectivity index (χ3v) is 0.367. The maximum atomic E-state index is 9.47. The molecule has 0 heterocycles. The minimum Gasteiger partial charge on any atom is -0.231 e. The van der Waals surface area contributed by atoms with Gasteiger partial charge in [0, 0.05) is 12.3 Å². The Kier molecular flexibility index (Phi) is 2.78. The third kappa shape index (κ3) is 5.03. The zero-order valence-corrected chi connectivity index (χ0v) is 4.02. The van der Waals surface area contributed by atoms with Crippen molar-refractivity contribution in [3.8, 4) is 11.8 Å². The van der Waals surface area contributed by atoms with E-state index in [-0.39, 0.29) is 0 Å². The van der Waals surface area contributed by atoms with Crippen LogP contribution in [0.2, 0.25) is 0 Å². The molecule has 0 amide bonds. The van der Waals surface area contributed by atoms with Crippen LogP contribution >= 0.6 is 0 Å². The molecule has 7 heavy (non-hydrogen) atoms. The Bertz CT molecular complexity index is 116. The van der Waals surface area contributed by atoms with Crippen LogP contribution < -0.4 is 0 Å². The minimum absolute atomic E-state index is 0.563. The molecule has 0 N–H and O–H groups in total. The predicted molar refractivity (Wildman–Crippen MR) is 23.8 cm³/mol. The van der Waals surface area contributed by atoms with Crippen LogP contribution in [-0.2, 0) is 9.90 Å². The summed E-state index contributed by atoms with van der Waals surface area (Å²) in [5, 5.41) is 9.47. The smallest absolute Gasteiger partial charge is 0.231 e. The zero-order chi connectivity index (χ0) is 5.70. The number of hydrogen-bond acceptors (Lipinski definition) is 1. The van der Waals surface area contributed by atoms with Crippen LogP contribution in [0.1, 0.15) is 13.3 Å². The summed E-state index contributed by atoms with van der Waals surface area (Å²) in [4.78, 5) is 9.47. The SMILES string of the molecule is CCC#CC([O])=O. The summed E-state index contributed by atoms with van der Waals surface area (Å²) in [7, 11) is 0. The molecule has 0 rings (SSSR count). The van der Waals surface area contributed by atoms with E-state index in [4.69, 9.17) is 0 Å². The van der Waals surface area contributed by atoms with E-state index in [0.717, 1.165) is 0 Å². The van der Waals surface area contributed by atoms with Crippen molar-refractivity contribution < 1.29 is 9.90 Å². The maximum absolute atomic E-state index is 9.47. The molecule has 0 spiro atoms. The second kappa shape index (κ2) is 3.23. The van der Waals surface area contributed by atoms with Gasteiger partial charge in [-0.1, -0.05) is 12.8 Å². The molecule has 0 fully saturated rings. The van der Waals surface area contributed by atoms with Gasteiger partial charge in [0.05, 0.1) is 0 Å². The lowest BCUT2D eigenvalue weighted by molar-refractivity contribution is -0.136. The van der Waals surface area contributed by atoms with Gasteiger partial charge in [-0.05, 0) is 0 Å². The summed E-state index contributed by atoms with van der Waals surface area (Å²) in [6.07, 6.45) is 0.563. The second-order valence-corrected chi connectivity index (χ2v) is 0.943. The topological polar surface area (TPSA) is 37.0 Å². The molecule has 0 aliphatic heterocycles. The molecular formula is C5H5O2. The van der Waals surface area contributed by atoms with Gasteiger partial charge < -0.3 is 0 Å². The van der Waals surface area contributed by atoms with Crippen LogP contribution in [0.5, 0.6) is 0 Å². The maximum Gasteiger partial charge on any atom is 0.429 e. The standard InChI is InChI=1S/C5H5O2/c1-2-3-4-5(6)7/h2H2,1H3. The first-order valence-corrected chi connectivity index (χ1v) is 1.97. The summed E-state index contributed by atoms with van der Waals surface area (Å²) in [5.41, 5.74) is 0. The van der Waals surface area contributed by atoms with Crippen LogP contribution in [-0.4, -0.2) is 5.97 Å². The molecule has 0 aromatic heterocycles. The molecule has 2 nitrogen and oxygen atoms in total. The first-order valence-electron chi connectivity index (χ1n) is 1.97. The Morgan fingerprint density at radius 1 is 1.71 bits per heavy atom. The van der Waals surface area contributed by atoms with E-state index < -0.39 is 5.97 Å². The lowest BCUT2D eigenvalue weighted by Gasteiger charge is -1.63. The van der Waals surface area contributed by atoms with E-state index in [1.54, 1.807) is 6.92 Å². The van der Waals surface area contributed by atoms with Gasteiger partial charge in [0.2, 0.25) is 0 Å². The molecule has 0 aromatic carbocycles. The van der Waals surface area contributed by atoms with Gasteiger partial charge in [-0.3, -0.25) is 0 Å². The average molecular weight is 97.1 g/mol. The summed E-state index contributed by atoms with van der Waals surface area (Å²) in [5.74, 6) is 2.88. The second-order valence-electron chi connectivity index (χ2n) is 0.943. The van der Waals surface area contributed by atoms with Crippen LogP contribution in [0, 0.1) is 11.8 Å². The quantitative estimate of drug-likeness (QED) is 0.402. The molecular weight excluding hydrogens is 92.1 g/mol. The summed E-state index contributed by atoms with van der Waals surface area (Å²) >= 11 is 0. The van der Waals surface area contributed by atoms with E-state index in [1.165, 1.54) is 0 Å². The molecule has 2 heteroatoms. The highest BCUT2D eigenvalue weighted by molar-refractivity contribution is 5.85. The van der Waals surface area contributed by atoms with Crippen LogP contribution in [0.3, 0.4) is 0 Å². The molecule has 0 bridgehead atoms.